The molecule has 0 saturated heterocycles. The molecule has 1 N–H and O–H groups in total. The van der Waals surface area contributed by atoms with Gasteiger partial charge in [0.1, 0.15) is 0 Å². The first-order valence-electron chi connectivity index (χ1n) is 5.04. The Labute approximate surface area is 112 Å². The molecule has 0 amide bonds. The van der Waals surface area contributed by atoms with Crippen LogP contribution >= 0.6 is 27.5 Å². The molecule has 2 rings (SSSR count). The zero-order valence-corrected chi connectivity index (χ0v) is 11.5. The van der Waals surface area contributed by atoms with Crippen molar-refractivity contribution in [2.24, 2.45) is 7.05 Å². The predicted molar refractivity (Wildman–Crippen MR) is 68.8 cm³/mol. The molecule has 90 valence electrons. The average Bonchev–Trinajstić information content (AvgIpc) is 2.63. The van der Waals surface area contributed by atoms with Crippen molar-refractivity contribution in [3.8, 4) is 0 Å². The molecule has 0 aliphatic heterocycles. The number of halogens is 2. The van der Waals surface area contributed by atoms with E-state index in [1.807, 2.05) is 0 Å². The van der Waals surface area contributed by atoms with Gasteiger partial charge in [0, 0.05) is 29.2 Å². The number of hydrogen-bond donors (Lipinski definition) is 1. The Kier molecular flexibility index (Phi) is 3.81. The number of hydrogen-bond acceptors (Lipinski definition) is 3. The number of nitrogens with zero attached hydrogens (tertiary/aromatic N) is 3. The van der Waals surface area contributed by atoms with Gasteiger partial charge in [-0.25, -0.2) is 0 Å². The van der Waals surface area contributed by atoms with Crippen LogP contribution < -0.4 is 0 Å². The van der Waals surface area contributed by atoms with Gasteiger partial charge >= 0.3 is 0 Å². The molecule has 1 unspecified atom stereocenters. The highest BCUT2D eigenvalue weighted by Gasteiger charge is 2.14. The molecular weight excluding hydrogens is 305 g/mol. The minimum Gasteiger partial charge on any atom is -0.388 e. The molecule has 0 spiro atoms. The normalized spacial score (nSPS) is 12.7. The van der Waals surface area contributed by atoms with E-state index < -0.39 is 6.10 Å². The second-order valence-electron chi connectivity index (χ2n) is 3.77. The van der Waals surface area contributed by atoms with E-state index in [-0.39, 0.29) is 0 Å². The molecule has 1 heterocycles. The minimum absolute atomic E-state index is 0.425. The molecule has 0 bridgehead atoms. The summed E-state index contributed by atoms with van der Waals surface area (Å²) < 4.78 is 2.40. The summed E-state index contributed by atoms with van der Waals surface area (Å²) in [6, 6.07) is 5.31. The molecule has 1 aromatic heterocycles. The third-order valence-corrected chi connectivity index (χ3v) is 3.30. The van der Waals surface area contributed by atoms with Gasteiger partial charge in [0.25, 0.3) is 0 Å². The van der Waals surface area contributed by atoms with Crippen LogP contribution in [0.4, 0.5) is 0 Å². The van der Waals surface area contributed by atoms with E-state index in [2.05, 4.69) is 26.2 Å². The van der Waals surface area contributed by atoms with Gasteiger partial charge in [0.05, 0.1) is 11.8 Å². The summed E-state index contributed by atoms with van der Waals surface area (Å²) in [7, 11) is 1.79. The molecule has 17 heavy (non-hydrogen) atoms. The van der Waals surface area contributed by atoms with Crippen LogP contribution in [0.15, 0.2) is 28.9 Å². The van der Waals surface area contributed by atoms with Crippen molar-refractivity contribution in [3.63, 3.8) is 0 Å². The highest BCUT2D eigenvalue weighted by Crippen LogP contribution is 2.28. The van der Waals surface area contributed by atoms with E-state index in [1.54, 1.807) is 36.1 Å². The first-order chi connectivity index (χ1) is 8.06. The second-order valence-corrected chi connectivity index (χ2v) is 5.06. The number of aryl methyl sites for hydroxylation is 1. The third-order valence-electron chi connectivity index (χ3n) is 2.37. The molecule has 1 atom stereocenters. The van der Waals surface area contributed by atoms with Gasteiger partial charge in [-0.1, -0.05) is 38.8 Å². The first kappa shape index (κ1) is 12.5. The summed E-state index contributed by atoms with van der Waals surface area (Å²) in [5.74, 6) is 0. The van der Waals surface area contributed by atoms with Crippen LogP contribution in [0.1, 0.15) is 17.4 Å². The first-order valence-corrected chi connectivity index (χ1v) is 6.21. The summed E-state index contributed by atoms with van der Waals surface area (Å²) in [6.07, 6.45) is 1.58. The fraction of sp³-hybridized carbons (Fsp3) is 0.273. The van der Waals surface area contributed by atoms with Crippen LogP contribution in [0.3, 0.4) is 0 Å². The van der Waals surface area contributed by atoms with Crippen LogP contribution in [0, 0.1) is 0 Å². The Morgan fingerprint density at radius 1 is 1.53 bits per heavy atom. The van der Waals surface area contributed by atoms with Crippen LogP contribution in [-0.4, -0.2) is 20.1 Å². The lowest BCUT2D eigenvalue weighted by Gasteiger charge is -2.11. The quantitative estimate of drug-likeness (QED) is 0.946. The third kappa shape index (κ3) is 3.06. The van der Waals surface area contributed by atoms with E-state index in [9.17, 15) is 5.11 Å². The number of rotatable bonds is 3. The molecule has 2 aromatic rings. The van der Waals surface area contributed by atoms with Gasteiger partial charge in [-0.05, 0) is 17.7 Å². The molecule has 0 saturated carbocycles. The summed E-state index contributed by atoms with van der Waals surface area (Å²) in [5, 5.41) is 18.5. The summed E-state index contributed by atoms with van der Waals surface area (Å²) in [6.45, 7) is 0. The SMILES string of the molecule is Cn1cc(CC(O)c2ccc(Cl)cc2Br)nn1. The summed E-state index contributed by atoms with van der Waals surface area (Å²) in [5.41, 5.74) is 1.54. The second kappa shape index (κ2) is 5.16. The molecule has 0 aliphatic carbocycles. The maximum Gasteiger partial charge on any atom is 0.0857 e. The topological polar surface area (TPSA) is 50.9 Å². The van der Waals surface area contributed by atoms with Gasteiger partial charge in [-0.3, -0.25) is 4.68 Å². The van der Waals surface area contributed by atoms with Gasteiger partial charge in [0.15, 0.2) is 0 Å². The van der Waals surface area contributed by atoms with Crippen LogP contribution in [-0.2, 0) is 13.5 Å². The van der Waals surface area contributed by atoms with Crippen LogP contribution in [0.5, 0.6) is 0 Å². The molecule has 1 aromatic carbocycles. The zero-order chi connectivity index (χ0) is 12.4. The Hall–Kier alpha value is -0.910. The number of benzene rings is 1. The fourth-order valence-corrected chi connectivity index (χ4v) is 2.52. The predicted octanol–water partition coefficient (Wildman–Crippen LogP) is 2.51. The van der Waals surface area contributed by atoms with Crippen molar-refractivity contribution in [1.29, 1.82) is 0 Å². The molecule has 0 radical (unpaired) electrons. The van der Waals surface area contributed by atoms with Crippen molar-refractivity contribution in [2.75, 3.05) is 0 Å². The molecule has 0 aliphatic rings. The maximum atomic E-state index is 10.1. The molecule has 6 heteroatoms. The van der Waals surface area contributed by atoms with Gasteiger partial charge in [0.2, 0.25) is 0 Å². The highest BCUT2D eigenvalue weighted by molar-refractivity contribution is 9.10. The average molecular weight is 317 g/mol. The van der Waals surface area contributed by atoms with Gasteiger partial charge in [-0.15, -0.1) is 5.10 Å². The van der Waals surface area contributed by atoms with Gasteiger partial charge < -0.3 is 5.11 Å². The Morgan fingerprint density at radius 3 is 2.88 bits per heavy atom. The minimum atomic E-state index is -0.627. The van der Waals surface area contributed by atoms with Crippen molar-refractivity contribution >= 4 is 27.5 Å². The van der Waals surface area contributed by atoms with Crippen molar-refractivity contribution in [3.05, 3.63) is 45.1 Å². The smallest absolute Gasteiger partial charge is 0.0857 e. The standard InChI is InChI=1S/C11H11BrClN3O/c1-16-6-8(14-15-16)5-11(17)9-3-2-7(13)4-10(9)12/h2-4,6,11,17H,5H2,1H3. The fourth-order valence-electron chi connectivity index (χ4n) is 1.57. The zero-order valence-electron chi connectivity index (χ0n) is 9.14. The lowest BCUT2D eigenvalue weighted by molar-refractivity contribution is 0.176. The van der Waals surface area contributed by atoms with Crippen molar-refractivity contribution in [1.82, 2.24) is 15.0 Å². The number of aliphatic hydroxyl groups is 1. The highest BCUT2D eigenvalue weighted by atomic mass is 79.9. The molecule has 0 fully saturated rings. The summed E-state index contributed by atoms with van der Waals surface area (Å²) in [4.78, 5) is 0. The van der Waals surface area contributed by atoms with E-state index >= 15 is 0 Å². The van der Waals surface area contributed by atoms with E-state index in [0.29, 0.717) is 11.4 Å². The monoisotopic (exact) mass is 315 g/mol. The van der Waals surface area contributed by atoms with Gasteiger partial charge in [-0.2, -0.15) is 0 Å². The van der Waals surface area contributed by atoms with Crippen LogP contribution in [0.2, 0.25) is 5.02 Å². The Balaban J connectivity index is 2.17. The number of aliphatic hydroxyl groups excluding tert-OH is 1. The Bertz CT molecular complexity index is 529. The largest absolute Gasteiger partial charge is 0.388 e. The Morgan fingerprint density at radius 2 is 2.29 bits per heavy atom. The van der Waals surface area contributed by atoms with Crippen LogP contribution in [0.25, 0.3) is 0 Å². The van der Waals surface area contributed by atoms with E-state index in [1.165, 1.54) is 0 Å². The molecule has 4 nitrogen and oxygen atoms in total. The lowest BCUT2D eigenvalue weighted by Crippen LogP contribution is -2.03. The van der Waals surface area contributed by atoms with E-state index in [4.69, 9.17) is 11.6 Å². The van der Waals surface area contributed by atoms with Crippen molar-refractivity contribution < 1.29 is 5.11 Å². The van der Waals surface area contributed by atoms with E-state index in [0.717, 1.165) is 15.7 Å². The molecular formula is C11H11BrClN3O. The maximum absolute atomic E-state index is 10.1. The van der Waals surface area contributed by atoms with Crippen molar-refractivity contribution in [2.45, 2.75) is 12.5 Å². The summed E-state index contributed by atoms with van der Waals surface area (Å²) >= 11 is 9.23. The number of aromatic nitrogens is 3. The lowest BCUT2D eigenvalue weighted by atomic mass is 10.1.